The van der Waals surface area contributed by atoms with Gasteiger partial charge in [-0.15, -0.1) is 0 Å². The van der Waals surface area contributed by atoms with Crippen molar-refractivity contribution in [3.63, 3.8) is 0 Å². The molecule has 0 aromatic heterocycles. The molecule has 0 bridgehead atoms. The minimum absolute atomic E-state index is 0.101. The summed E-state index contributed by atoms with van der Waals surface area (Å²) < 4.78 is 21.9. The lowest BCUT2D eigenvalue weighted by atomic mass is 9.91. The highest BCUT2D eigenvalue weighted by Gasteiger charge is 2.46. The van der Waals surface area contributed by atoms with Gasteiger partial charge in [0, 0.05) is 38.2 Å². The predicted molar refractivity (Wildman–Crippen MR) is 106 cm³/mol. The normalized spacial score (nSPS) is 29.7. The van der Waals surface area contributed by atoms with Crippen molar-refractivity contribution in [3.8, 4) is 0 Å². The summed E-state index contributed by atoms with van der Waals surface area (Å²) >= 11 is 0. The van der Waals surface area contributed by atoms with E-state index in [2.05, 4.69) is 10.8 Å². The molecule has 0 aromatic carbocycles. The highest BCUT2D eigenvalue weighted by Crippen LogP contribution is 2.39. The lowest BCUT2D eigenvalue weighted by Gasteiger charge is -2.27. The SMILES string of the molecule is COC(=O)CCCC/C=C\C[C@@H]1[C@@H](C=O)[C@H](OC2CCCCO2)C[C@@H]1OC(C)=O. The van der Waals surface area contributed by atoms with Gasteiger partial charge in [-0.2, -0.15) is 0 Å². The van der Waals surface area contributed by atoms with Crippen molar-refractivity contribution in [3.05, 3.63) is 12.2 Å². The molecule has 0 amide bonds. The summed E-state index contributed by atoms with van der Waals surface area (Å²) in [6, 6.07) is 0. The van der Waals surface area contributed by atoms with E-state index in [1.807, 2.05) is 6.08 Å². The van der Waals surface area contributed by atoms with Gasteiger partial charge in [-0.1, -0.05) is 12.2 Å². The summed E-state index contributed by atoms with van der Waals surface area (Å²) in [4.78, 5) is 34.5. The lowest BCUT2D eigenvalue weighted by molar-refractivity contribution is -0.195. The molecular weight excluding hydrogens is 376 g/mol. The molecule has 1 aliphatic carbocycles. The molecule has 29 heavy (non-hydrogen) atoms. The summed E-state index contributed by atoms with van der Waals surface area (Å²) in [5, 5.41) is 0. The molecule has 0 spiro atoms. The Labute approximate surface area is 173 Å². The van der Waals surface area contributed by atoms with Gasteiger partial charge in [0.15, 0.2) is 6.29 Å². The fourth-order valence-corrected chi connectivity index (χ4v) is 4.10. The molecule has 0 aromatic rings. The number of rotatable bonds is 11. The minimum atomic E-state index is -0.342. The van der Waals surface area contributed by atoms with Crippen LogP contribution in [0, 0.1) is 11.8 Å². The van der Waals surface area contributed by atoms with Crippen LogP contribution in [0.3, 0.4) is 0 Å². The number of unbranched alkanes of at least 4 members (excludes halogenated alkanes) is 2. The molecule has 5 atom stereocenters. The quantitative estimate of drug-likeness (QED) is 0.223. The van der Waals surface area contributed by atoms with Crippen molar-refractivity contribution in [2.24, 2.45) is 11.8 Å². The van der Waals surface area contributed by atoms with Crippen molar-refractivity contribution in [2.45, 2.75) is 83.2 Å². The van der Waals surface area contributed by atoms with E-state index in [1.165, 1.54) is 14.0 Å². The second kappa shape index (κ2) is 12.8. The molecule has 2 aliphatic rings. The fraction of sp³-hybridized carbons (Fsp3) is 0.773. The van der Waals surface area contributed by atoms with Crippen LogP contribution in [0.5, 0.6) is 0 Å². The fourth-order valence-electron chi connectivity index (χ4n) is 4.10. The number of hydrogen-bond acceptors (Lipinski definition) is 7. The second-order valence-electron chi connectivity index (χ2n) is 7.76. The van der Waals surface area contributed by atoms with Crippen molar-refractivity contribution >= 4 is 18.2 Å². The van der Waals surface area contributed by atoms with Crippen LogP contribution in [0.25, 0.3) is 0 Å². The second-order valence-corrected chi connectivity index (χ2v) is 7.76. The third-order valence-corrected chi connectivity index (χ3v) is 5.61. The Hall–Kier alpha value is -1.73. The highest BCUT2D eigenvalue weighted by atomic mass is 16.7. The van der Waals surface area contributed by atoms with Crippen LogP contribution in [0.4, 0.5) is 0 Å². The van der Waals surface area contributed by atoms with Crippen LogP contribution < -0.4 is 0 Å². The number of carbonyl (C=O) groups is 3. The zero-order chi connectivity index (χ0) is 21.1. The molecule has 2 fully saturated rings. The van der Waals surface area contributed by atoms with E-state index in [-0.39, 0.29) is 42.3 Å². The van der Waals surface area contributed by atoms with Gasteiger partial charge in [0.1, 0.15) is 12.4 Å². The van der Waals surface area contributed by atoms with E-state index in [0.29, 0.717) is 25.9 Å². The number of allylic oxidation sites excluding steroid dienone is 2. The van der Waals surface area contributed by atoms with E-state index in [1.54, 1.807) is 0 Å². The molecule has 1 saturated carbocycles. The Morgan fingerprint density at radius 3 is 2.62 bits per heavy atom. The maximum absolute atomic E-state index is 11.8. The molecule has 1 saturated heterocycles. The third kappa shape index (κ3) is 7.90. The van der Waals surface area contributed by atoms with Crippen LogP contribution in [-0.2, 0) is 33.3 Å². The summed E-state index contributed by atoms with van der Waals surface area (Å²) in [5.74, 6) is -0.956. The zero-order valence-electron chi connectivity index (χ0n) is 17.5. The topological polar surface area (TPSA) is 88.1 Å². The van der Waals surface area contributed by atoms with E-state index < -0.39 is 0 Å². The Morgan fingerprint density at radius 1 is 1.14 bits per heavy atom. The first-order valence-corrected chi connectivity index (χ1v) is 10.7. The molecule has 7 heteroatoms. The number of methoxy groups -OCH3 is 1. The molecule has 2 rings (SSSR count). The van der Waals surface area contributed by atoms with Gasteiger partial charge < -0.3 is 23.7 Å². The van der Waals surface area contributed by atoms with Gasteiger partial charge in [-0.3, -0.25) is 9.59 Å². The molecule has 0 N–H and O–H groups in total. The van der Waals surface area contributed by atoms with E-state index in [9.17, 15) is 14.4 Å². The number of aldehydes is 1. The van der Waals surface area contributed by atoms with Crippen LogP contribution >= 0.6 is 0 Å². The summed E-state index contributed by atoms with van der Waals surface area (Å²) in [6.45, 7) is 2.07. The van der Waals surface area contributed by atoms with E-state index in [0.717, 1.165) is 44.8 Å². The molecule has 1 unspecified atom stereocenters. The monoisotopic (exact) mass is 410 g/mol. The number of hydrogen-bond donors (Lipinski definition) is 0. The zero-order valence-corrected chi connectivity index (χ0v) is 17.5. The van der Waals surface area contributed by atoms with Crippen molar-refractivity contribution in [1.29, 1.82) is 0 Å². The first-order valence-electron chi connectivity index (χ1n) is 10.7. The van der Waals surface area contributed by atoms with Crippen LogP contribution in [0.15, 0.2) is 12.2 Å². The maximum Gasteiger partial charge on any atom is 0.305 e. The van der Waals surface area contributed by atoms with Gasteiger partial charge in [-0.25, -0.2) is 0 Å². The molecular formula is C22H34O7. The summed E-state index contributed by atoms with van der Waals surface area (Å²) in [5.41, 5.74) is 0. The van der Waals surface area contributed by atoms with Crippen LogP contribution in [-0.4, -0.2) is 50.4 Å². The van der Waals surface area contributed by atoms with Crippen LogP contribution in [0.1, 0.15) is 64.7 Å². The van der Waals surface area contributed by atoms with Crippen LogP contribution in [0.2, 0.25) is 0 Å². The van der Waals surface area contributed by atoms with Gasteiger partial charge in [-0.05, 0) is 44.9 Å². The third-order valence-electron chi connectivity index (χ3n) is 5.61. The van der Waals surface area contributed by atoms with Gasteiger partial charge >= 0.3 is 11.9 Å². The van der Waals surface area contributed by atoms with E-state index >= 15 is 0 Å². The molecule has 1 aliphatic heterocycles. The van der Waals surface area contributed by atoms with Crippen molar-refractivity contribution in [2.75, 3.05) is 13.7 Å². The summed E-state index contributed by atoms with van der Waals surface area (Å²) in [7, 11) is 1.39. The van der Waals surface area contributed by atoms with E-state index in [4.69, 9.17) is 14.2 Å². The maximum atomic E-state index is 11.8. The largest absolute Gasteiger partial charge is 0.469 e. The van der Waals surface area contributed by atoms with Gasteiger partial charge in [0.2, 0.25) is 0 Å². The Kier molecular flexibility index (Phi) is 10.4. The standard InChI is InChI=1S/C22H34O7/c1-16(24)28-19-14-20(29-22-12-8-9-13-27-22)18(15-23)17(19)10-6-4-3-5-7-11-21(25)26-2/h4,6,15,17-20,22H,3,5,7-14H2,1-2H3/b6-4-/t17-,18-,19+,20-,22?/m1/s1. The number of carbonyl (C=O) groups excluding carboxylic acids is 3. The average molecular weight is 411 g/mol. The minimum Gasteiger partial charge on any atom is -0.469 e. The smallest absolute Gasteiger partial charge is 0.305 e. The van der Waals surface area contributed by atoms with Gasteiger partial charge in [0.05, 0.1) is 13.2 Å². The first kappa shape index (κ1) is 23.5. The Morgan fingerprint density at radius 2 is 1.97 bits per heavy atom. The van der Waals surface area contributed by atoms with Crippen molar-refractivity contribution < 1.29 is 33.3 Å². The van der Waals surface area contributed by atoms with Gasteiger partial charge in [0.25, 0.3) is 0 Å². The number of esters is 2. The van der Waals surface area contributed by atoms with Crippen molar-refractivity contribution in [1.82, 2.24) is 0 Å². The predicted octanol–water partition coefficient (Wildman–Crippen LogP) is 3.34. The first-order chi connectivity index (χ1) is 14.0. The summed E-state index contributed by atoms with van der Waals surface area (Å²) in [6.07, 6.45) is 11.2. The molecule has 1 heterocycles. The lowest BCUT2D eigenvalue weighted by Crippen LogP contribution is -2.32. The molecule has 7 nitrogen and oxygen atoms in total. The Bertz CT molecular complexity index is 553. The number of ether oxygens (including phenoxy) is 4. The molecule has 164 valence electrons. The highest BCUT2D eigenvalue weighted by molar-refractivity contribution is 5.69. The average Bonchev–Trinajstić information content (AvgIpc) is 3.02. The Balaban J connectivity index is 1.87. The molecule has 0 radical (unpaired) electrons.